The van der Waals surface area contributed by atoms with E-state index in [-0.39, 0.29) is 5.69 Å². The number of ether oxygens (including phenoxy) is 1. The van der Waals surface area contributed by atoms with Crippen LogP contribution in [0.4, 0.5) is 5.69 Å². The lowest BCUT2D eigenvalue weighted by atomic mass is 10.2. The van der Waals surface area contributed by atoms with Crippen LogP contribution in [0.5, 0.6) is 5.75 Å². The summed E-state index contributed by atoms with van der Waals surface area (Å²) in [4.78, 5) is 26.1. The predicted molar refractivity (Wildman–Crippen MR) is 71.8 cm³/mol. The highest BCUT2D eigenvalue weighted by molar-refractivity contribution is 6.46. The number of methoxy groups -OCH3 is 1. The zero-order valence-electron chi connectivity index (χ0n) is 10.1. The van der Waals surface area contributed by atoms with E-state index in [4.69, 9.17) is 16.3 Å². The van der Waals surface area contributed by atoms with Gasteiger partial charge in [0.2, 0.25) is 0 Å². The summed E-state index contributed by atoms with van der Waals surface area (Å²) in [5.74, 6) is -0.879. The fraction of sp³-hybridized carbons (Fsp3) is 0.0769. The molecule has 0 aliphatic carbocycles. The number of carbonyl (C=O) groups is 2. The van der Waals surface area contributed by atoms with Gasteiger partial charge in [0.1, 0.15) is 5.75 Å². The number of H-pyrrole nitrogens is 1. The lowest BCUT2D eigenvalue weighted by molar-refractivity contribution is -0.112. The number of halogens is 1. The van der Waals surface area contributed by atoms with Gasteiger partial charge in [-0.3, -0.25) is 9.59 Å². The molecule has 6 heteroatoms. The van der Waals surface area contributed by atoms with Crippen LogP contribution < -0.4 is 10.1 Å². The van der Waals surface area contributed by atoms with E-state index in [2.05, 4.69) is 10.3 Å². The molecule has 0 saturated carbocycles. The minimum atomic E-state index is -0.733. The molecule has 19 heavy (non-hydrogen) atoms. The average Bonchev–Trinajstić information content (AvgIpc) is 2.92. The van der Waals surface area contributed by atoms with Gasteiger partial charge in [-0.05, 0) is 30.3 Å². The number of nitrogens with one attached hydrogen (secondary N) is 2. The third-order valence-corrected chi connectivity index (χ3v) is 2.75. The number of hydrogen-bond acceptors (Lipinski definition) is 3. The lowest BCUT2D eigenvalue weighted by Gasteiger charge is -2.07. The second-order valence-electron chi connectivity index (χ2n) is 3.72. The summed E-state index contributed by atoms with van der Waals surface area (Å²) in [7, 11) is 1.49. The van der Waals surface area contributed by atoms with Crippen molar-refractivity contribution >= 4 is 29.0 Å². The van der Waals surface area contributed by atoms with E-state index < -0.39 is 11.7 Å². The first-order valence-electron chi connectivity index (χ1n) is 5.44. The van der Waals surface area contributed by atoms with Gasteiger partial charge in [0.05, 0.1) is 17.8 Å². The maximum Gasteiger partial charge on any atom is 0.298 e. The van der Waals surface area contributed by atoms with Crippen molar-refractivity contribution in [2.45, 2.75) is 0 Å². The minimum absolute atomic E-state index is 0.233. The Morgan fingerprint density at radius 3 is 2.68 bits per heavy atom. The average molecular weight is 279 g/mol. The van der Waals surface area contributed by atoms with Crippen molar-refractivity contribution in [2.75, 3.05) is 12.4 Å². The van der Waals surface area contributed by atoms with Crippen LogP contribution in [0.2, 0.25) is 5.02 Å². The van der Waals surface area contributed by atoms with Crippen molar-refractivity contribution in [1.82, 2.24) is 4.98 Å². The smallest absolute Gasteiger partial charge is 0.298 e. The van der Waals surface area contributed by atoms with Crippen molar-refractivity contribution in [3.8, 4) is 5.75 Å². The number of rotatable bonds is 4. The van der Waals surface area contributed by atoms with Crippen molar-refractivity contribution in [3.05, 3.63) is 47.2 Å². The number of anilines is 1. The molecule has 0 saturated heterocycles. The third kappa shape index (κ3) is 2.95. The molecule has 2 rings (SSSR count). The summed E-state index contributed by atoms with van der Waals surface area (Å²) in [6, 6.07) is 7.90. The number of benzene rings is 1. The number of amides is 1. The Balaban J connectivity index is 2.11. The standard InChI is InChI=1S/C13H11ClN2O3/c1-19-11-5-4-8(7-9(11)14)16-13(18)12(17)10-3-2-6-15-10/h2-7,15H,1H3,(H,16,18). The number of Topliss-reactive ketones (excluding diaryl/α,β-unsaturated/α-hetero) is 1. The third-order valence-electron chi connectivity index (χ3n) is 2.46. The SMILES string of the molecule is COc1ccc(NC(=O)C(=O)c2ccc[nH]2)cc1Cl. The molecule has 98 valence electrons. The van der Waals surface area contributed by atoms with Crippen LogP contribution >= 0.6 is 11.6 Å². The molecule has 1 amide bonds. The van der Waals surface area contributed by atoms with Crippen LogP contribution in [0.25, 0.3) is 0 Å². The highest BCUT2D eigenvalue weighted by atomic mass is 35.5. The zero-order chi connectivity index (χ0) is 13.8. The second kappa shape index (κ2) is 5.58. The van der Waals surface area contributed by atoms with Crippen LogP contribution in [0.1, 0.15) is 10.5 Å². The van der Waals surface area contributed by atoms with Crippen LogP contribution in [-0.2, 0) is 4.79 Å². The largest absolute Gasteiger partial charge is 0.495 e. The maximum absolute atomic E-state index is 11.7. The van der Waals surface area contributed by atoms with E-state index in [1.165, 1.54) is 19.2 Å². The monoisotopic (exact) mass is 278 g/mol. The molecule has 0 bridgehead atoms. The Bertz CT molecular complexity index is 608. The molecule has 2 aromatic rings. The Morgan fingerprint density at radius 1 is 1.32 bits per heavy atom. The van der Waals surface area contributed by atoms with E-state index in [1.54, 1.807) is 24.4 Å². The van der Waals surface area contributed by atoms with Gasteiger partial charge in [-0.25, -0.2) is 0 Å². The molecule has 0 radical (unpaired) electrons. The molecule has 1 aromatic carbocycles. The van der Waals surface area contributed by atoms with Gasteiger partial charge in [-0.15, -0.1) is 0 Å². The first-order chi connectivity index (χ1) is 9.11. The molecule has 0 aliphatic rings. The Morgan fingerprint density at radius 2 is 2.11 bits per heavy atom. The van der Waals surface area contributed by atoms with Gasteiger partial charge in [0, 0.05) is 11.9 Å². The summed E-state index contributed by atoms with van der Waals surface area (Å²) in [5, 5.41) is 2.83. The first kappa shape index (κ1) is 13.2. The molecule has 5 nitrogen and oxygen atoms in total. The van der Waals surface area contributed by atoms with Crippen molar-refractivity contribution < 1.29 is 14.3 Å². The molecule has 0 atom stereocenters. The van der Waals surface area contributed by atoms with Crippen LogP contribution in [0.15, 0.2) is 36.5 Å². The molecule has 0 spiro atoms. The number of hydrogen-bond donors (Lipinski definition) is 2. The number of ketones is 1. The fourth-order valence-corrected chi connectivity index (χ4v) is 1.78. The summed E-state index contributed by atoms with van der Waals surface area (Å²) in [5.41, 5.74) is 0.660. The highest BCUT2D eigenvalue weighted by Gasteiger charge is 2.17. The van der Waals surface area contributed by atoms with Gasteiger partial charge in [-0.2, -0.15) is 0 Å². The van der Waals surface area contributed by atoms with Gasteiger partial charge >= 0.3 is 0 Å². The molecule has 0 fully saturated rings. The van der Waals surface area contributed by atoms with Gasteiger partial charge in [-0.1, -0.05) is 11.6 Å². The molecular formula is C13H11ClN2O3. The van der Waals surface area contributed by atoms with E-state index >= 15 is 0 Å². The van der Waals surface area contributed by atoms with E-state index in [0.29, 0.717) is 16.5 Å². The normalized spacial score (nSPS) is 10.0. The minimum Gasteiger partial charge on any atom is -0.495 e. The van der Waals surface area contributed by atoms with Crippen LogP contribution in [0, 0.1) is 0 Å². The molecule has 0 unspecified atom stereocenters. The van der Waals surface area contributed by atoms with Crippen molar-refractivity contribution in [3.63, 3.8) is 0 Å². The lowest BCUT2D eigenvalue weighted by Crippen LogP contribution is -2.23. The quantitative estimate of drug-likeness (QED) is 0.667. The van der Waals surface area contributed by atoms with Crippen LogP contribution in [0.3, 0.4) is 0 Å². The molecular weight excluding hydrogens is 268 g/mol. The Kier molecular flexibility index (Phi) is 3.87. The Labute approximate surface area is 114 Å². The number of aromatic nitrogens is 1. The summed E-state index contributed by atoms with van der Waals surface area (Å²) in [6.45, 7) is 0. The first-order valence-corrected chi connectivity index (χ1v) is 5.82. The predicted octanol–water partition coefficient (Wildman–Crippen LogP) is 2.50. The van der Waals surface area contributed by atoms with Gasteiger partial charge in [0.15, 0.2) is 0 Å². The highest BCUT2D eigenvalue weighted by Crippen LogP contribution is 2.27. The number of aromatic amines is 1. The number of carbonyl (C=O) groups excluding carboxylic acids is 2. The van der Waals surface area contributed by atoms with E-state index in [1.807, 2.05) is 0 Å². The maximum atomic E-state index is 11.7. The molecule has 0 aliphatic heterocycles. The molecule has 1 aromatic heterocycles. The van der Waals surface area contributed by atoms with Gasteiger partial charge < -0.3 is 15.0 Å². The van der Waals surface area contributed by atoms with Crippen LogP contribution in [-0.4, -0.2) is 23.8 Å². The second-order valence-corrected chi connectivity index (χ2v) is 4.12. The molecule has 2 N–H and O–H groups in total. The topological polar surface area (TPSA) is 71.2 Å². The summed E-state index contributed by atoms with van der Waals surface area (Å²) < 4.78 is 4.99. The fourth-order valence-electron chi connectivity index (χ4n) is 1.53. The van der Waals surface area contributed by atoms with Crippen molar-refractivity contribution in [1.29, 1.82) is 0 Å². The Hall–Kier alpha value is -2.27. The van der Waals surface area contributed by atoms with Crippen molar-refractivity contribution in [2.24, 2.45) is 0 Å². The van der Waals surface area contributed by atoms with E-state index in [0.717, 1.165) is 0 Å². The van der Waals surface area contributed by atoms with Gasteiger partial charge in [0.25, 0.3) is 11.7 Å². The molecule has 1 heterocycles. The van der Waals surface area contributed by atoms with E-state index in [9.17, 15) is 9.59 Å². The summed E-state index contributed by atoms with van der Waals surface area (Å²) in [6.07, 6.45) is 1.57. The zero-order valence-corrected chi connectivity index (χ0v) is 10.8. The summed E-state index contributed by atoms with van der Waals surface area (Å²) >= 11 is 5.92.